The minimum Gasteiger partial charge on any atom is -0.326 e. The van der Waals surface area contributed by atoms with Gasteiger partial charge in [0.15, 0.2) is 0 Å². The molecule has 5 nitrogen and oxygen atoms in total. The molecule has 0 aromatic heterocycles. The highest BCUT2D eigenvalue weighted by molar-refractivity contribution is 6.23. The van der Waals surface area contributed by atoms with E-state index in [1.165, 1.54) is 34.1 Å². The highest BCUT2D eigenvalue weighted by Gasteiger charge is 2.44. The molecular formula is C28H27FN2O3. The normalized spacial score (nSPS) is 15.8. The highest BCUT2D eigenvalue weighted by atomic mass is 19.1. The van der Waals surface area contributed by atoms with Crippen LogP contribution >= 0.6 is 0 Å². The smallest absolute Gasteiger partial charge is 0.257 e. The number of carbonyl (C=O) groups excluding carboxylic acids is 3. The molecule has 0 N–H and O–H groups in total. The number of anilines is 1. The third-order valence-corrected chi connectivity index (χ3v) is 6.15. The molecule has 1 saturated heterocycles. The summed E-state index contributed by atoms with van der Waals surface area (Å²) in [6.07, 6.45) is 0.432. The van der Waals surface area contributed by atoms with E-state index in [1.807, 2.05) is 42.5 Å². The lowest BCUT2D eigenvalue weighted by Gasteiger charge is -2.28. The summed E-state index contributed by atoms with van der Waals surface area (Å²) in [7, 11) is 0. The average molecular weight is 459 g/mol. The molecular weight excluding hydrogens is 431 g/mol. The molecule has 0 aliphatic carbocycles. The highest BCUT2D eigenvalue weighted by Crippen LogP contribution is 2.28. The van der Waals surface area contributed by atoms with E-state index < -0.39 is 23.7 Å². The lowest BCUT2D eigenvalue weighted by Crippen LogP contribution is -2.46. The summed E-state index contributed by atoms with van der Waals surface area (Å²) in [5, 5.41) is 0. The Morgan fingerprint density at radius 2 is 1.62 bits per heavy atom. The Bertz CT molecular complexity index is 1170. The van der Waals surface area contributed by atoms with Crippen molar-refractivity contribution in [2.45, 2.75) is 38.6 Å². The predicted molar refractivity (Wildman–Crippen MR) is 129 cm³/mol. The number of rotatable bonds is 7. The van der Waals surface area contributed by atoms with E-state index in [1.54, 1.807) is 12.1 Å². The number of carbonyl (C=O) groups is 3. The van der Waals surface area contributed by atoms with Crippen LogP contribution in [0, 0.1) is 5.82 Å². The van der Waals surface area contributed by atoms with E-state index in [2.05, 4.69) is 13.8 Å². The number of benzene rings is 3. The zero-order valence-electron chi connectivity index (χ0n) is 19.3. The third kappa shape index (κ3) is 4.91. The third-order valence-electron chi connectivity index (χ3n) is 6.15. The number of amides is 3. The molecule has 3 aromatic rings. The second-order valence-electron chi connectivity index (χ2n) is 8.77. The van der Waals surface area contributed by atoms with E-state index in [4.69, 9.17) is 0 Å². The summed E-state index contributed by atoms with van der Waals surface area (Å²) in [4.78, 5) is 42.4. The van der Waals surface area contributed by atoms with Gasteiger partial charge in [-0.2, -0.15) is 0 Å². The van der Waals surface area contributed by atoms with Gasteiger partial charge >= 0.3 is 0 Å². The van der Waals surface area contributed by atoms with Gasteiger partial charge in [0.1, 0.15) is 11.9 Å². The van der Waals surface area contributed by atoms with Gasteiger partial charge < -0.3 is 4.90 Å². The summed E-state index contributed by atoms with van der Waals surface area (Å²) >= 11 is 0. The largest absolute Gasteiger partial charge is 0.326 e. The van der Waals surface area contributed by atoms with Crippen molar-refractivity contribution in [1.82, 2.24) is 4.90 Å². The van der Waals surface area contributed by atoms with Crippen molar-refractivity contribution in [2.24, 2.45) is 0 Å². The van der Waals surface area contributed by atoms with Crippen molar-refractivity contribution in [1.29, 1.82) is 0 Å². The van der Waals surface area contributed by atoms with Gasteiger partial charge in [0.25, 0.3) is 11.8 Å². The van der Waals surface area contributed by atoms with Crippen LogP contribution in [0.3, 0.4) is 0 Å². The molecule has 0 spiro atoms. The lowest BCUT2D eigenvalue weighted by molar-refractivity contribution is -0.122. The quantitative estimate of drug-likeness (QED) is 0.470. The molecule has 6 heteroatoms. The van der Waals surface area contributed by atoms with Crippen LogP contribution in [0.15, 0.2) is 78.9 Å². The minimum absolute atomic E-state index is 0.0908. The molecule has 3 aromatic carbocycles. The van der Waals surface area contributed by atoms with Crippen LogP contribution in [-0.2, 0) is 16.0 Å². The van der Waals surface area contributed by atoms with Crippen molar-refractivity contribution in [3.05, 3.63) is 101 Å². The zero-order chi connectivity index (χ0) is 24.2. The summed E-state index contributed by atoms with van der Waals surface area (Å²) < 4.78 is 13.4. The van der Waals surface area contributed by atoms with Crippen LogP contribution in [0.4, 0.5) is 10.1 Å². The number of imide groups is 1. The van der Waals surface area contributed by atoms with Crippen molar-refractivity contribution in [2.75, 3.05) is 11.4 Å². The monoisotopic (exact) mass is 458 g/mol. The maximum atomic E-state index is 13.4. The fourth-order valence-corrected chi connectivity index (χ4v) is 4.19. The number of hydrogen-bond donors (Lipinski definition) is 0. The average Bonchev–Trinajstić information content (AvgIpc) is 3.13. The van der Waals surface area contributed by atoms with Crippen LogP contribution < -0.4 is 4.90 Å². The summed E-state index contributed by atoms with van der Waals surface area (Å²) in [5.41, 5.74) is 2.89. The van der Waals surface area contributed by atoms with E-state index in [0.29, 0.717) is 18.0 Å². The minimum atomic E-state index is -0.918. The summed E-state index contributed by atoms with van der Waals surface area (Å²) in [6.45, 7) is 4.40. The fraction of sp³-hybridized carbons (Fsp3) is 0.250. The van der Waals surface area contributed by atoms with Crippen LogP contribution in [-0.4, -0.2) is 35.2 Å². The van der Waals surface area contributed by atoms with Gasteiger partial charge in [-0.1, -0.05) is 56.3 Å². The maximum Gasteiger partial charge on any atom is 0.257 e. The Balaban J connectivity index is 1.61. The SMILES string of the molecule is CC(C)c1ccc(N2C(=O)CC(N(CCc3ccccc3)C(=O)c3ccc(F)cc3)C2=O)cc1. The van der Waals surface area contributed by atoms with Gasteiger partial charge in [0.2, 0.25) is 5.91 Å². The molecule has 1 aliphatic heterocycles. The second-order valence-corrected chi connectivity index (χ2v) is 8.77. The standard InChI is InChI=1S/C28H27FN2O3/c1-19(2)21-10-14-24(15-11-21)31-26(32)18-25(28(31)34)30(17-16-20-6-4-3-5-7-20)27(33)22-8-12-23(29)13-9-22/h3-15,19,25H,16-18H2,1-2H3. The summed E-state index contributed by atoms with van der Waals surface area (Å²) in [6, 6.07) is 21.3. The Morgan fingerprint density at radius 1 is 0.971 bits per heavy atom. The first-order valence-electron chi connectivity index (χ1n) is 11.4. The van der Waals surface area contributed by atoms with E-state index >= 15 is 0 Å². The van der Waals surface area contributed by atoms with Crippen LogP contribution in [0.2, 0.25) is 0 Å². The molecule has 174 valence electrons. The van der Waals surface area contributed by atoms with Gasteiger partial charge in [0, 0.05) is 12.1 Å². The predicted octanol–water partition coefficient (Wildman–Crippen LogP) is 4.97. The second kappa shape index (κ2) is 10.00. The number of halogens is 1. The Labute approximate surface area is 198 Å². The van der Waals surface area contributed by atoms with Crippen LogP contribution in [0.5, 0.6) is 0 Å². The molecule has 0 bridgehead atoms. The topological polar surface area (TPSA) is 57.7 Å². The Kier molecular flexibility index (Phi) is 6.87. The molecule has 1 fully saturated rings. The molecule has 0 radical (unpaired) electrons. The van der Waals surface area contributed by atoms with Crippen molar-refractivity contribution in [3.63, 3.8) is 0 Å². The fourth-order valence-electron chi connectivity index (χ4n) is 4.19. The van der Waals surface area contributed by atoms with Gasteiger partial charge in [-0.05, 0) is 59.9 Å². The molecule has 0 saturated carbocycles. The van der Waals surface area contributed by atoms with Crippen molar-refractivity contribution in [3.8, 4) is 0 Å². The first-order valence-corrected chi connectivity index (χ1v) is 11.4. The van der Waals surface area contributed by atoms with Gasteiger partial charge in [-0.3, -0.25) is 14.4 Å². The number of hydrogen-bond acceptors (Lipinski definition) is 3. The van der Waals surface area contributed by atoms with E-state index in [0.717, 1.165) is 11.1 Å². The Morgan fingerprint density at radius 3 is 2.24 bits per heavy atom. The maximum absolute atomic E-state index is 13.4. The molecule has 34 heavy (non-hydrogen) atoms. The Hall–Kier alpha value is -3.80. The summed E-state index contributed by atoms with van der Waals surface area (Å²) in [5.74, 6) is -1.29. The van der Waals surface area contributed by atoms with Gasteiger partial charge in [-0.25, -0.2) is 9.29 Å². The zero-order valence-corrected chi connectivity index (χ0v) is 19.3. The van der Waals surface area contributed by atoms with Crippen molar-refractivity contribution < 1.29 is 18.8 Å². The van der Waals surface area contributed by atoms with Crippen LogP contribution in [0.1, 0.15) is 47.7 Å². The first-order chi connectivity index (χ1) is 16.3. The van der Waals surface area contributed by atoms with Gasteiger partial charge in [0.05, 0.1) is 12.1 Å². The van der Waals surface area contributed by atoms with E-state index in [9.17, 15) is 18.8 Å². The molecule has 1 aliphatic rings. The molecule has 1 atom stereocenters. The lowest BCUT2D eigenvalue weighted by atomic mass is 10.0. The first kappa shape index (κ1) is 23.4. The molecule has 1 unspecified atom stereocenters. The molecule has 1 heterocycles. The molecule has 4 rings (SSSR count). The van der Waals surface area contributed by atoms with Crippen molar-refractivity contribution >= 4 is 23.4 Å². The number of nitrogens with zero attached hydrogens (tertiary/aromatic N) is 2. The van der Waals surface area contributed by atoms with Crippen LogP contribution in [0.25, 0.3) is 0 Å². The molecule has 3 amide bonds. The van der Waals surface area contributed by atoms with E-state index in [-0.39, 0.29) is 24.4 Å². The van der Waals surface area contributed by atoms with Gasteiger partial charge in [-0.15, -0.1) is 0 Å².